The van der Waals surface area contributed by atoms with Crippen LogP contribution in [0.25, 0.3) is 0 Å². The number of nitrogens with one attached hydrogen (secondary N) is 2. The molecule has 0 aromatic heterocycles. The number of hydrogen-bond acceptors (Lipinski definition) is 4. The van der Waals surface area contributed by atoms with Crippen molar-refractivity contribution in [2.24, 2.45) is 5.41 Å². The van der Waals surface area contributed by atoms with Crippen LogP contribution in [-0.4, -0.2) is 43.7 Å². The van der Waals surface area contributed by atoms with E-state index >= 15 is 0 Å². The smallest absolute Gasteiger partial charge is 0.307 e. The first kappa shape index (κ1) is 19.4. The molecule has 1 heterocycles. The van der Waals surface area contributed by atoms with E-state index in [0.29, 0.717) is 24.5 Å². The number of aryl methyl sites for hydroxylation is 2. The van der Waals surface area contributed by atoms with Gasteiger partial charge in [-0.1, -0.05) is 19.9 Å². The van der Waals surface area contributed by atoms with Crippen LogP contribution in [0.15, 0.2) is 6.07 Å². The van der Waals surface area contributed by atoms with Crippen molar-refractivity contribution in [3.63, 3.8) is 0 Å². The highest BCUT2D eigenvalue weighted by molar-refractivity contribution is 7.90. The molecule has 0 atom stereocenters. The first-order valence-corrected chi connectivity index (χ1v) is 12.5. The number of benzene rings is 1. The highest BCUT2D eigenvalue weighted by Gasteiger charge is 2.47. The Morgan fingerprint density at radius 1 is 1.03 bits per heavy atom. The third-order valence-electron chi connectivity index (χ3n) is 7.35. The van der Waals surface area contributed by atoms with E-state index in [-0.39, 0.29) is 0 Å². The molecular formula is C22H31N3O3S. The van der Waals surface area contributed by atoms with Gasteiger partial charge in [0.25, 0.3) is 0 Å². The Balaban J connectivity index is 1.23. The molecule has 4 aliphatic rings. The molecular weight excluding hydrogens is 386 g/mol. The molecule has 158 valence electrons. The van der Waals surface area contributed by atoms with E-state index in [4.69, 9.17) is 0 Å². The van der Waals surface area contributed by atoms with Crippen molar-refractivity contribution in [2.45, 2.75) is 76.5 Å². The van der Waals surface area contributed by atoms with Gasteiger partial charge in [-0.2, -0.15) is 0 Å². The monoisotopic (exact) mass is 417 g/mol. The lowest BCUT2D eigenvalue weighted by molar-refractivity contribution is -0.00657. The van der Waals surface area contributed by atoms with Crippen molar-refractivity contribution < 1.29 is 13.2 Å². The molecule has 0 spiro atoms. The van der Waals surface area contributed by atoms with Crippen molar-refractivity contribution >= 4 is 21.7 Å². The zero-order chi connectivity index (χ0) is 20.4. The number of nitrogens with zero attached hydrogens (tertiary/aromatic N) is 1. The molecule has 1 saturated heterocycles. The Morgan fingerprint density at radius 2 is 1.62 bits per heavy atom. The number of carbonyl (C=O) groups excluding carboxylic acids is 1. The van der Waals surface area contributed by atoms with Gasteiger partial charge in [0.15, 0.2) is 0 Å². The summed E-state index contributed by atoms with van der Waals surface area (Å²) in [4.78, 5) is 14.9. The maximum Gasteiger partial charge on any atom is 0.332 e. The predicted molar refractivity (Wildman–Crippen MR) is 114 cm³/mol. The van der Waals surface area contributed by atoms with Gasteiger partial charge in [-0.25, -0.2) is 17.9 Å². The largest absolute Gasteiger partial charge is 0.332 e. The Labute approximate surface area is 173 Å². The molecule has 0 unspecified atom stereocenters. The van der Waals surface area contributed by atoms with Crippen LogP contribution in [-0.2, 0) is 35.7 Å². The van der Waals surface area contributed by atoms with Crippen molar-refractivity contribution in [1.29, 1.82) is 0 Å². The molecule has 7 heteroatoms. The third kappa shape index (κ3) is 3.46. The van der Waals surface area contributed by atoms with E-state index in [1.54, 1.807) is 0 Å². The number of amides is 2. The molecule has 0 bridgehead atoms. The lowest BCUT2D eigenvalue weighted by Gasteiger charge is -2.53. The topological polar surface area (TPSA) is 78.5 Å². The van der Waals surface area contributed by atoms with Gasteiger partial charge in [0.1, 0.15) is 5.25 Å². The van der Waals surface area contributed by atoms with Crippen LogP contribution in [0.1, 0.15) is 61.8 Å². The third-order valence-corrected chi connectivity index (χ3v) is 9.00. The molecule has 29 heavy (non-hydrogen) atoms. The molecule has 6 nitrogen and oxygen atoms in total. The first-order valence-electron chi connectivity index (χ1n) is 10.9. The summed E-state index contributed by atoms with van der Waals surface area (Å²) in [5.41, 5.74) is 6.32. The number of likely N-dealkylation sites (tertiary alicyclic amines) is 1. The number of fused-ring (bicyclic) bond motifs is 2. The predicted octanol–water partition coefficient (Wildman–Crippen LogP) is 2.99. The van der Waals surface area contributed by atoms with Crippen LogP contribution in [0.3, 0.4) is 0 Å². The molecule has 0 radical (unpaired) electrons. The van der Waals surface area contributed by atoms with Crippen LogP contribution >= 0.6 is 0 Å². The minimum atomic E-state index is -3.65. The number of hydrogen-bond donors (Lipinski definition) is 2. The molecule has 5 rings (SSSR count). The summed E-state index contributed by atoms with van der Waals surface area (Å²) in [7, 11) is -3.65. The first-order chi connectivity index (χ1) is 13.7. The van der Waals surface area contributed by atoms with Gasteiger partial charge in [0.05, 0.1) is 0 Å². The summed E-state index contributed by atoms with van der Waals surface area (Å²) in [5.74, 6) is 0. The molecule has 3 aliphatic carbocycles. The van der Waals surface area contributed by atoms with Gasteiger partial charge in [0, 0.05) is 24.8 Å². The van der Waals surface area contributed by atoms with Crippen LogP contribution in [0.4, 0.5) is 10.5 Å². The van der Waals surface area contributed by atoms with Crippen molar-refractivity contribution in [1.82, 2.24) is 9.62 Å². The van der Waals surface area contributed by atoms with Gasteiger partial charge in [-0.3, -0.25) is 4.90 Å². The summed E-state index contributed by atoms with van der Waals surface area (Å²) < 4.78 is 27.7. The van der Waals surface area contributed by atoms with Crippen molar-refractivity contribution in [2.75, 3.05) is 18.4 Å². The maximum absolute atomic E-state index is 12.7. The van der Waals surface area contributed by atoms with E-state index in [1.165, 1.54) is 22.3 Å². The second kappa shape index (κ2) is 6.71. The number of rotatable bonds is 4. The second-order valence-corrected chi connectivity index (χ2v) is 12.1. The molecule has 2 amide bonds. The fourth-order valence-corrected chi connectivity index (χ4v) is 7.01. The fraction of sp³-hybridized carbons (Fsp3) is 0.682. The van der Waals surface area contributed by atoms with Gasteiger partial charge < -0.3 is 5.32 Å². The summed E-state index contributed by atoms with van der Waals surface area (Å²) in [5, 5.41) is 2.43. The summed E-state index contributed by atoms with van der Waals surface area (Å²) in [6, 6.07) is 2.19. The van der Waals surface area contributed by atoms with Crippen LogP contribution in [0.2, 0.25) is 0 Å². The van der Waals surface area contributed by atoms with E-state index in [0.717, 1.165) is 57.1 Å². The summed E-state index contributed by atoms with van der Waals surface area (Å²) in [6.07, 6.45) is 8.46. The molecule has 2 N–H and O–H groups in total. The highest BCUT2D eigenvalue weighted by Crippen LogP contribution is 2.44. The number of sulfonamides is 1. The molecule has 2 fully saturated rings. The van der Waals surface area contributed by atoms with Crippen LogP contribution in [0, 0.1) is 5.41 Å². The Bertz CT molecular complexity index is 924. The zero-order valence-corrected chi connectivity index (χ0v) is 18.2. The average molecular weight is 418 g/mol. The van der Waals surface area contributed by atoms with Gasteiger partial charge in [0.2, 0.25) is 10.0 Å². The molecule has 1 aliphatic heterocycles. The lowest BCUT2D eigenvalue weighted by Crippen LogP contribution is -2.64. The van der Waals surface area contributed by atoms with Gasteiger partial charge in [-0.05, 0) is 79.0 Å². The minimum absolute atomic E-state index is 0.378. The molecule has 1 saturated carbocycles. The highest BCUT2D eigenvalue weighted by atomic mass is 32.2. The Kier molecular flexibility index (Phi) is 4.48. The number of anilines is 1. The second-order valence-electron chi connectivity index (χ2n) is 10.1. The SMILES string of the molecule is CC1(C)CC(N2CC(S(=O)(=O)NC(=O)Nc3c4c(cc5c3CCC5)CCC4)C2)C1. The quantitative estimate of drug-likeness (QED) is 0.789. The average Bonchev–Trinajstić information content (AvgIpc) is 3.19. The summed E-state index contributed by atoms with van der Waals surface area (Å²) >= 11 is 0. The number of carbonyl (C=O) groups is 1. The fourth-order valence-electron chi connectivity index (χ4n) is 5.76. The Hall–Kier alpha value is -1.60. The molecule has 1 aromatic rings. The van der Waals surface area contributed by atoms with Gasteiger partial charge in [-0.15, -0.1) is 0 Å². The minimum Gasteiger partial charge on any atom is -0.307 e. The van der Waals surface area contributed by atoms with Crippen LogP contribution in [0.5, 0.6) is 0 Å². The maximum atomic E-state index is 12.7. The molecule has 1 aromatic carbocycles. The number of urea groups is 1. The van der Waals surface area contributed by atoms with E-state index in [2.05, 4.69) is 34.9 Å². The normalized spacial score (nSPS) is 23.8. The summed E-state index contributed by atoms with van der Waals surface area (Å²) in [6.45, 7) is 5.56. The van der Waals surface area contributed by atoms with Crippen molar-refractivity contribution in [3.05, 3.63) is 28.3 Å². The van der Waals surface area contributed by atoms with Crippen LogP contribution < -0.4 is 10.0 Å². The van der Waals surface area contributed by atoms with Crippen molar-refractivity contribution in [3.8, 4) is 0 Å². The van der Waals surface area contributed by atoms with E-state index in [9.17, 15) is 13.2 Å². The zero-order valence-electron chi connectivity index (χ0n) is 17.4. The van der Waals surface area contributed by atoms with E-state index < -0.39 is 21.3 Å². The van der Waals surface area contributed by atoms with E-state index in [1.807, 2.05) is 0 Å². The standard InChI is InChI=1S/C22H31N3O3S/c1-22(2)10-16(11-22)25-12-17(13-25)29(27,28)24-21(26)23-20-18-7-3-5-14(18)9-15-6-4-8-19(15)20/h9,16-17H,3-8,10-13H2,1-2H3,(H2,23,24,26). The van der Waals surface area contributed by atoms with Gasteiger partial charge >= 0.3 is 6.03 Å². The lowest BCUT2D eigenvalue weighted by atomic mass is 9.67. The Morgan fingerprint density at radius 3 is 2.17 bits per heavy atom.